The zero-order chi connectivity index (χ0) is 15.5. The Bertz CT molecular complexity index is 549. The molecular weight excluding hydrogens is 274 g/mol. The van der Waals surface area contributed by atoms with Gasteiger partial charge in [-0.05, 0) is 26.2 Å². The van der Waals surface area contributed by atoms with Gasteiger partial charge in [-0.15, -0.1) is 0 Å². The lowest BCUT2D eigenvalue weighted by Crippen LogP contribution is -2.31. The minimum atomic E-state index is -0.406. The molecule has 1 aromatic rings. The van der Waals surface area contributed by atoms with E-state index in [9.17, 15) is 9.59 Å². The number of aromatic amines is 1. The van der Waals surface area contributed by atoms with Gasteiger partial charge in [-0.25, -0.2) is 4.79 Å². The lowest BCUT2D eigenvalue weighted by Gasteiger charge is -2.07. The monoisotopic (exact) mass is 293 g/mol. The van der Waals surface area contributed by atoms with Gasteiger partial charge in [0.1, 0.15) is 6.61 Å². The zero-order valence-electron chi connectivity index (χ0n) is 11.9. The summed E-state index contributed by atoms with van der Waals surface area (Å²) in [4.78, 5) is 29.2. The molecule has 0 saturated heterocycles. The first-order valence-electron chi connectivity index (χ1n) is 6.75. The molecule has 0 aliphatic heterocycles. The van der Waals surface area contributed by atoms with Gasteiger partial charge in [0.2, 0.25) is 5.95 Å². The van der Waals surface area contributed by atoms with E-state index in [-0.39, 0.29) is 5.95 Å². The molecule has 0 spiro atoms. The van der Waals surface area contributed by atoms with Crippen LogP contribution in [0.25, 0.3) is 0 Å². The van der Waals surface area contributed by atoms with Crippen LogP contribution in [0, 0.1) is 18.4 Å². The minimum Gasteiger partial charge on any atom is -0.428 e. The SMILES string of the molecule is Cc1cc(=O)nc(NC(=O)NCCCCCCOC#N)[nH]1. The Balaban J connectivity index is 2.14. The maximum atomic E-state index is 11.6. The van der Waals surface area contributed by atoms with Crippen LogP contribution >= 0.6 is 0 Å². The molecule has 0 fully saturated rings. The van der Waals surface area contributed by atoms with Crippen LogP contribution in [0.3, 0.4) is 0 Å². The van der Waals surface area contributed by atoms with Crippen LogP contribution in [0.2, 0.25) is 0 Å². The lowest BCUT2D eigenvalue weighted by atomic mass is 10.2. The molecule has 8 heteroatoms. The van der Waals surface area contributed by atoms with Gasteiger partial charge in [0.15, 0.2) is 0 Å². The predicted molar refractivity (Wildman–Crippen MR) is 76.6 cm³/mol. The Morgan fingerprint density at radius 2 is 2.19 bits per heavy atom. The van der Waals surface area contributed by atoms with Crippen LogP contribution in [0.5, 0.6) is 0 Å². The molecule has 0 aliphatic rings. The molecule has 1 aromatic heterocycles. The van der Waals surface area contributed by atoms with E-state index in [4.69, 9.17) is 5.26 Å². The van der Waals surface area contributed by atoms with E-state index in [0.717, 1.165) is 25.7 Å². The van der Waals surface area contributed by atoms with E-state index >= 15 is 0 Å². The number of hydrogen-bond donors (Lipinski definition) is 3. The molecule has 114 valence electrons. The molecule has 0 saturated carbocycles. The van der Waals surface area contributed by atoms with Gasteiger partial charge in [0.25, 0.3) is 11.8 Å². The van der Waals surface area contributed by atoms with Crippen LogP contribution in [0.15, 0.2) is 10.9 Å². The van der Waals surface area contributed by atoms with Gasteiger partial charge in [-0.2, -0.15) is 10.2 Å². The van der Waals surface area contributed by atoms with Crippen molar-refractivity contribution in [2.75, 3.05) is 18.5 Å². The van der Waals surface area contributed by atoms with Gasteiger partial charge in [0.05, 0.1) is 0 Å². The summed E-state index contributed by atoms with van der Waals surface area (Å²) < 4.78 is 4.55. The normalized spacial score (nSPS) is 9.71. The maximum absolute atomic E-state index is 11.6. The Morgan fingerprint density at radius 1 is 1.43 bits per heavy atom. The van der Waals surface area contributed by atoms with Gasteiger partial charge >= 0.3 is 6.03 Å². The number of ether oxygens (including phenoxy) is 1. The molecule has 21 heavy (non-hydrogen) atoms. The largest absolute Gasteiger partial charge is 0.428 e. The Labute approximate surface area is 122 Å². The summed E-state index contributed by atoms with van der Waals surface area (Å²) in [6, 6.07) is 0.940. The zero-order valence-corrected chi connectivity index (χ0v) is 11.9. The number of urea groups is 1. The van der Waals surface area contributed by atoms with E-state index in [2.05, 4.69) is 25.3 Å². The van der Waals surface area contributed by atoms with Crippen molar-refractivity contribution in [3.05, 3.63) is 22.1 Å². The fourth-order valence-corrected chi connectivity index (χ4v) is 1.69. The fourth-order valence-electron chi connectivity index (χ4n) is 1.69. The number of aryl methyl sites for hydroxylation is 1. The van der Waals surface area contributed by atoms with Crippen molar-refractivity contribution < 1.29 is 9.53 Å². The second-order valence-electron chi connectivity index (χ2n) is 4.49. The molecule has 2 amide bonds. The number of nitrogens with one attached hydrogen (secondary N) is 3. The number of amides is 2. The van der Waals surface area contributed by atoms with Crippen molar-refractivity contribution in [2.24, 2.45) is 0 Å². The van der Waals surface area contributed by atoms with Gasteiger partial charge in [-0.3, -0.25) is 10.1 Å². The third kappa shape index (κ3) is 7.57. The molecule has 0 aliphatic carbocycles. The van der Waals surface area contributed by atoms with Crippen molar-refractivity contribution in [1.29, 1.82) is 5.26 Å². The first-order valence-corrected chi connectivity index (χ1v) is 6.75. The molecule has 1 rings (SSSR count). The topological polar surface area (TPSA) is 120 Å². The highest BCUT2D eigenvalue weighted by Crippen LogP contribution is 1.99. The highest BCUT2D eigenvalue weighted by Gasteiger charge is 2.03. The van der Waals surface area contributed by atoms with Crippen LogP contribution in [-0.4, -0.2) is 29.2 Å². The van der Waals surface area contributed by atoms with Crippen LogP contribution in [0.4, 0.5) is 10.7 Å². The number of hydrogen-bond acceptors (Lipinski definition) is 5. The number of nitrogens with zero attached hydrogens (tertiary/aromatic N) is 2. The Hall–Kier alpha value is -2.56. The molecule has 8 nitrogen and oxygen atoms in total. The quantitative estimate of drug-likeness (QED) is 0.492. The molecule has 0 aromatic carbocycles. The second kappa shape index (κ2) is 9.36. The average Bonchev–Trinajstić information content (AvgIpc) is 2.40. The smallest absolute Gasteiger partial charge is 0.321 e. The summed E-state index contributed by atoms with van der Waals surface area (Å²) in [5.74, 6) is 0.131. The molecule has 3 N–H and O–H groups in total. The first kappa shape index (κ1) is 16.5. The first-order chi connectivity index (χ1) is 10.1. The minimum absolute atomic E-state index is 0.131. The highest BCUT2D eigenvalue weighted by atomic mass is 16.5. The number of aromatic nitrogens is 2. The van der Waals surface area contributed by atoms with Crippen molar-refractivity contribution in [2.45, 2.75) is 32.6 Å². The van der Waals surface area contributed by atoms with E-state index in [1.54, 1.807) is 13.2 Å². The fraction of sp³-hybridized carbons (Fsp3) is 0.538. The standard InChI is InChI=1S/C13H19N5O3/c1-10-8-11(19)17-12(16-10)18-13(20)15-6-4-2-3-5-7-21-9-14/h8H,2-7H2,1H3,(H3,15,16,17,18,19,20). The van der Waals surface area contributed by atoms with Crippen molar-refractivity contribution in [3.8, 4) is 6.26 Å². The van der Waals surface area contributed by atoms with Crippen molar-refractivity contribution in [1.82, 2.24) is 15.3 Å². The molecule has 1 heterocycles. The second-order valence-corrected chi connectivity index (χ2v) is 4.49. The molecule has 0 unspecified atom stereocenters. The summed E-state index contributed by atoms with van der Waals surface area (Å²) in [5, 5.41) is 13.3. The summed E-state index contributed by atoms with van der Waals surface area (Å²) in [5.41, 5.74) is 0.228. The molecular formula is C13H19N5O3. The average molecular weight is 293 g/mol. The summed E-state index contributed by atoms with van der Waals surface area (Å²) in [6.07, 6.45) is 5.16. The summed E-state index contributed by atoms with van der Waals surface area (Å²) >= 11 is 0. The number of rotatable bonds is 8. The van der Waals surface area contributed by atoms with Crippen LogP contribution in [0.1, 0.15) is 31.4 Å². The molecule has 0 radical (unpaired) electrons. The van der Waals surface area contributed by atoms with Crippen LogP contribution in [-0.2, 0) is 4.74 Å². The third-order valence-corrected chi connectivity index (χ3v) is 2.63. The van der Waals surface area contributed by atoms with Crippen molar-refractivity contribution >= 4 is 12.0 Å². The van der Waals surface area contributed by atoms with E-state index in [1.807, 2.05) is 0 Å². The van der Waals surface area contributed by atoms with E-state index in [1.165, 1.54) is 6.07 Å². The Kier molecular flexibility index (Phi) is 7.35. The summed E-state index contributed by atoms with van der Waals surface area (Å²) in [7, 11) is 0. The summed E-state index contributed by atoms with van der Waals surface area (Å²) in [6.45, 7) is 2.68. The van der Waals surface area contributed by atoms with Gasteiger partial charge < -0.3 is 15.0 Å². The van der Waals surface area contributed by atoms with Gasteiger partial charge in [0, 0.05) is 18.3 Å². The number of H-pyrrole nitrogens is 1. The number of anilines is 1. The molecule has 0 atom stereocenters. The van der Waals surface area contributed by atoms with Crippen molar-refractivity contribution in [3.63, 3.8) is 0 Å². The number of nitriles is 1. The van der Waals surface area contributed by atoms with E-state index < -0.39 is 11.6 Å². The highest BCUT2D eigenvalue weighted by molar-refractivity contribution is 5.87. The molecule has 0 bridgehead atoms. The van der Waals surface area contributed by atoms with Crippen LogP contribution < -0.4 is 16.2 Å². The third-order valence-electron chi connectivity index (χ3n) is 2.63. The van der Waals surface area contributed by atoms with E-state index in [0.29, 0.717) is 18.8 Å². The maximum Gasteiger partial charge on any atom is 0.321 e. The van der Waals surface area contributed by atoms with Gasteiger partial charge in [-0.1, -0.05) is 6.42 Å². The number of carbonyl (C=O) groups is 1. The Morgan fingerprint density at radius 3 is 2.90 bits per heavy atom. The predicted octanol–water partition coefficient (Wildman–Crippen LogP) is 1.26. The lowest BCUT2D eigenvalue weighted by molar-refractivity contribution is 0.251. The number of unbranched alkanes of at least 4 members (excludes halogenated alkanes) is 3. The number of carbonyl (C=O) groups excluding carboxylic acids is 1.